The lowest BCUT2D eigenvalue weighted by Gasteiger charge is -2.45. The van der Waals surface area contributed by atoms with Crippen LogP contribution in [-0.2, 0) is 45.5 Å². The third-order valence-electron chi connectivity index (χ3n) is 11.8. The van der Waals surface area contributed by atoms with Crippen molar-refractivity contribution < 1.29 is 39.6 Å². The average molecular weight is 1060 g/mol. The molecule has 6 rings (SSSR count). The molecule has 20 heteroatoms. The van der Waals surface area contributed by atoms with Gasteiger partial charge in [-0.3, -0.25) is 9.08 Å². The van der Waals surface area contributed by atoms with Gasteiger partial charge >= 0.3 is 0 Å². The fourth-order valence-electron chi connectivity index (χ4n) is 8.40. The second-order valence-electron chi connectivity index (χ2n) is 19.8. The SMILES string of the molecule is CC(C)(O)c1ccc(N2CCN(S(=O)(=O)c3cccs3)C[C@@H]2COS(C)(=O)=O)cc1.CC(C)N(C[C@H]1CN(S(=O)(=O)c2cccs2)CCN1c1ccc(C(C)(C)O)cc1)C(C)C.CC(C)NC(C)C. The Morgan fingerprint density at radius 3 is 1.30 bits per heavy atom. The fourth-order valence-corrected chi connectivity index (χ4v) is 14.0. The topological polar surface area (TPSA) is 180 Å². The van der Waals surface area contributed by atoms with Gasteiger partial charge in [-0.2, -0.15) is 17.0 Å². The van der Waals surface area contributed by atoms with E-state index in [0.717, 1.165) is 46.6 Å². The van der Waals surface area contributed by atoms with Crippen LogP contribution in [-0.4, -0.2) is 144 Å². The lowest BCUT2D eigenvalue weighted by molar-refractivity contribution is 0.0780. The smallest absolute Gasteiger partial charge is 0.264 e. The molecule has 0 radical (unpaired) electrons. The zero-order valence-corrected chi connectivity index (χ0v) is 46.8. The summed E-state index contributed by atoms with van der Waals surface area (Å²) in [6.45, 7) is 27.2. The molecule has 69 heavy (non-hydrogen) atoms. The van der Waals surface area contributed by atoms with Crippen LogP contribution >= 0.6 is 22.7 Å². The molecule has 388 valence electrons. The molecule has 0 unspecified atom stereocenters. The van der Waals surface area contributed by atoms with Crippen LogP contribution in [0, 0.1) is 0 Å². The molecule has 4 aromatic rings. The molecule has 2 atom stereocenters. The number of nitrogens with zero attached hydrogens (tertiary/aromatic N) is 5. The number of anilines is 2. The van der Waals surface area contributed by atoms with Gasteiger partial charge in [-0.25, -0.2) is 16.8 Å². The molecule has 0 bridgehead atoms. The van der Waals surface area contributed by atoms with Gasteiger partial charge in [0.25, 0.3) is 30.2 Å². The molecule has 2 aliphatic heterocycles. The Kier molecular flexibility index (Phi) is 20.9. The summed E-state index contributed by atoms with van der Waals surface area (Å²) < 4.78 is 84.1. The highest BCUT2D eigenvalue weighted by Crippen LogP contribution is 2.31. The summed E-state index contributed by atoms with van der Waals surface area (Å²) in [5.74, 6) is 0. The first kappa shape index (κ1) is 58.6. The highest BCUT2D eigenvalue weighted by molar-refractivity contribution is 7.91. The molecular formula is C49H78N6O9S5. The second kappa shape index (κ2) is 24.6. The van der Waals surface area contributed by atoms with E-state index in [4.69, 9.17) is 4.18 Å². The Hall–Kier alpha value is -2.99. The highest BCUT2D eigenvalue weighted by Gasteiger charge is 2.38. The molecule has 0 saturated carbocycles. The van der Waals surface area contributed by atoms with E-state index in [1.54, 1.807) is 73.8 Å². The van der Waals surface area contributed by atoms with E-state index >= 15 is 0 Å². The Balaban J connectivity index is 0.000000264. The van der Waals surface area contributed by atoms with Crippen molar-refractivity contribution in [2.75, 3.05) is 68.5 Å². The van der Waals surface area contributed by atoms with Crippen molar-refractivity contribution >= 4 is 64.2 Å². The van der Waals surface area contributed by atoms with Crippen LogP contribution in [0.5, 0.6) is 0 Å². The molecule has 0 aliphatic carbocycles. The average Bonchev–Trinajstić information content (AvgIpc) is 4.01. The van der Waals surface area contributed by atoms with E-state index in [1.807, 2.05) is 46.7 Å². The van der Waals surface area contributed by atoms with Crippen molar-refractivity contribution in [3.05, 3.63) is 94.7 Å². The summed E-state index contributed by atoms with van der Waals surface area (Å²) in [5.41, 5.74) is 1.60. The normalized spacial score (nSPS) is 18.2. The summed E-state index contributed by atoms with van der Waals surface area (Å²) in [6.07, 6.45) is 0.971. The molecule has 2 aliphatic rings. The Morgan fingerprint density at radius 1 is 0.623 bits per heavy atom. The van der Waals surface area contributed by atoms with Crippen LogP contribution in [0.2, 0.25) is 0 Å². The van der Waals surface area contributed by atoms with Gasteiger partial charge in [0.2, 0.25) is 0 Å². The molecule has 0 spiro atoms. The van der Waals surface area contributed by atoms with Crippen molar-refractivity contribution in [2.24, 2.45) is 0 Å². The van der Waals surface area contributed by atoms with Crippen LogP contribution in [0.4, 0.5) is 11.4 Å². The van der Waals surface area contributed by atoms with Gasteiger partial charge in [0, 0.05) is 81.4 Å². The molecule has 2 aromatic heterocycles. The number of hydrogen-bond acceptors (Lipinski definition) is 15. The van der Waals surface area contributed by atoms with E-state index < -0.39 is 47.4 Å². The van der Waals surface area contributed by atoms with E-state index in [2.05, 4.69) is 70.5 Å². The zero-order valence-electron chi connectivity index (χ0n) is 42.7. The van der Waals surface area contributed by atoms with E-state index in [9.17, 15) is 35.5 Å². The van der Waals surface area contributed by atoms with Crippen LogP contribution < -0.4 is 15.1 Å². The third-order valence-corrected chi connectivity index (χ3v) is 18.8. The minimum absolute atomic E-state index is 0.0243. The summed E-state index contributed by atoms with van der Waals surface area (Å²) in [4.78, 5) is 6.69. The number of nitrogens with one attached hydrogen (secondary N) is 1. The first-order chi connectivity index (χ1) is 31.9. The predicted molar refractivity (Wildman–Crippen MR) is 283 cm³/mol. The molecule has 15 nitrogen and oxygen atoms in total. The van der Waals surface area contributed by atoms with Crippen LogP contribution in [0.15, 0.2) is 92.0 Å². The number of benzene rings is 2. The number of hydrogen-bond donors (Lipinski definition) is 3. The minimum Gasteiger partial charge on any atom is -0.386 e. The van der Waals surface area contributed by atoms with E-state index in [0.29, 0.717) is 54.6 Å². The molecule has 4 heterocycles. The van der Waals surface area contributed by atoms with Gasteiger partial charge in [0.15, 0.2) is 0 Å². The predicted octanol–water partition coefficient (Wildman–Crippen LogP) is 7.20. The lowest BCUT2D eigenvalue weighted by Crippen LogP contribution is -2.59. The third kappa shape index (κ3) is 17.1. The highest BCUT2D eigenvalue weighted by atomic mass is 32.3. The zero-order chi connectivity index (χ0) is 51.7. The van der Waals surface area contributed by atoms with E-state index in [1.165, 1.54) is 15.6 Å². The summed E-state index contributed by atoms with van der Waals surface area (Å²) in [7, 11) is -10.8. The van der Waals surface area contributed by atoms with Crippen LogP contribution in [0.3, 0.4) is 0 Å². The maximum Gasteiger partial charge on any atom is 0.264 e. The first-order valence-electron chi connectivity index (χ1n) is 23.5. The Labute approximate surface area is 422 Å². The molecule has 0 amide bonds. The summed E-state index contributed by atoms with van der Waals surface area (Å²) >= 11 is 2.42. The quantitative estimate of drug-likeness (QED) is 0.0906. The standard InChI is InChI=1S/C24H37N3O3S2.C19H26N2O6S3.C6H15N/c1-18(2)27(19(3)4)17-22-16-25(32(29,30)23-8-7-15-31-23)13-14-26(22)21-11-9-20(10-12-21)24(5,6)28;1-19(2,22)15-6-8-16(9-7-15)21-11-10-20(13-17(21)14-27-29(3,23)24)30(25,26)18-5-4-12-28-18;1-5(2)7-6(3)4/h7-12,15,18-19,22,28H,13-14,16-17H2,1-6H3;4-9,12,17,22H,10-11,13-14H2,1-3H3;5-7H,1-4H3/t22-;17-;/m11./s1. The van der Waals surface area contributed by atoms with Gasteiger partial charge in [-0.05, 0) is 114 Å². The Bertz CT molecular complexity index is 2470. The van der Waals surface area contributed by atoms with Crippen molar-refractivity contribution in [1.29, 1.82) is 0 Å². The van der Waals surface area contributed by atoms with Gasteiger partial charge in [-0.15, -0.1) is 22.7 Å². The number of sulfonamides is 2. The number of rotatable bonds is 17. The second-order valence-corrected chi connectivity index (χ2v) is 27.7. The minimum atomic E-state index is -3.68. The monoisotopic (exact) mass is 1050 g/mol. The fraction of sp³-hybridized carbons (Fsp3) is 0.592. The summed E-state index contributed by atoms with van der Waals surface area (Å²) in [5, 5.41) is 27.3. The largest absolute Gasteiger partial charge is 0.386 e. The number of piperazine rings is 2. The number of thiophene rings is 2. The molecule has 2 saturated heterocycles. The van der Waals surface area contributed by atoms with Gasteiger partial charge in [0.1, 0.15) is 8.42 Å². The van der Waals surface area contributed by atoms with Crippen molar-refractivity contribution in [2.45, 2.75) is 139 Å². The van der Waals surface area contributed by atoms with Gasteiger partial charge < -0.3 is 25.3 Å². The molecular weight excluding hydrogens is 977 g/mol. The number of aliphatic hydroxyl groups is 2. The first-order valence-corrected chi connectivity index (χ1v) is 30.0. The van der Waals surface area contributed by atoms with Crippen molar-refractivity contribution in [3.63, 3.8) is 0 Å². The maximum absolute atomic E-state index is 13.2. The van der Waals surface area contributed by atoms with Crippen molar-refractivity contribution in [3.8, 4) is 0 Å². The van der Waals surface area contributed by atoms with Crippen LogP contribution in [0.1, 0.15) is 94.2 Å². The van der Waals surface area contributed by atoms with E-state index in [-0.39, 0.29) is 29.9 Å². The van der Waals surface area contributed by atoms with Crippen molar-refractivity contribution in [1.82, 2.24) is 18.8 Å². The van der Waals surface area contributed by atoms with Gasteiger partial charge in [-0.1, -0.05) is 64.1 Å². The maximum atomic E-state index is 13.2. The lowest BCUT2D eigenvalue weighted by atomic mass is 9.98. The molecule has 2 fully saturated rings. The van der Waals surface area contributed by atoms with Crippen LogP contribution in [0.25, 0.3) is 0 Å². The molecule has 2 aromatic carbocycles. The summed E-state index contributed by atoms with van der Waals surface area (Å²) in [6, 6.07) is 23.5. The molecule has 3 N–H and O–H groups in total. The Morgan fingerprint density at radius 2 is 1.00 bits per heavy atom. The van der Waals surface area contributed by atoms with Gasteiger partial charge in [0.05, 0.1) is 36.1 Å².